The molecule has 0 aliphatic carbocycles. The SMILES string of the molecule is O=S(=O)([O-])C(F)(F)c1ccc2ccccc2c1. The lowest BCUT2D eigenvalue weighted by Crippen LogP contribution is -2.25. The van der Waals surface area contributed by atoms with E-state index in [2.05, 4.69) is 0 Å². The number of hydrogen-bond acceptors (Lipinski definition) is 3. The van der Waals surface area contributed by atoms with Gasteiger partial charge in [0.2, 0.25) is 0 Å². The molecule has 0 N–H and O–H groups in total. The minimum absolute atomic E-state index is 0.452. The van der Waals surface area contributed by atoms with Crippen LogP contribution in [0.4, 0.5) is 8.78 Å². The summed E-state index contributed by atoms with van der Waals surface area (Å²) in [5.41, 5.74) is -0.814. The molecule has 0 bridgehead atoms. The Morgan fingerprint density at radius 3 is 2.18 bits per heavy atom. The first-order valence-corrected chi connectivity index (χ1v) is 6.06. The molecule has 0 spiro atoms. The monoisotopic (exact) mass is 257 g/mol. The second-order valence-electron chi connectivity index (χ2n) is 3.53. The smallest absolute Gasteiger partial charge is 0.359 e. The Bertz CT molecular complexity index is 665. The molecule has 0 saturated heterocycles. The van der Waals surface area contributed by atoms with Crippen LogP contribution in [0.15, 0.2) is 42.5 Å². The minimum Gasteiger partial charge on any atom is -0.743 e. The second-order valence-corrected chi connectivity index (χ2v) is 4.95. The maximum atomic E-state index is 13.3. The van der Waals surface area contributed by atoms with Gasteiger partial charge < -0.3 is 4.55 Å². The zero-order valence-electron chi connectivity index (χ0n) is 8.43. The largest absolute Gasteiger partial charge is 0.743 e. The fourth-order valence-corrected chi connectivity index (χ4v) is 1.93. The molecule has 2 rings (SSSR count). The van der Waals surface area contributed by atoms with Crippen molar-refractivity contribution in [2.75, 3.05) is 0 Å². The second kappa shape index (κ2) is 3.75. The number of hydrogen-bond donors (Lipinski definition) is 0. The molecule has 0 atom stereocenters. The molecule has 0 saturated carbocycles. The summed E-state index contributed by atoms with van der Waals surface area (Å²) in [7, 11) is -5.71. The summed E-state index contributed by atoms with van der Waals surface area (Å²) in [5.74, 6) is 0. The molecule has 90 valence electrons. The molecule has 0 fully saturated rings. The predicted octanol–water partition coefficient (Wildman–Crippen LogP) is 2.43. The van der Waals surface area contributed by atoms with Crippen molar-refractivity contribution in [1.29, 1.82) is 0 Å². The molecule has 6 heteroatoms. The molecule has 0 amide bonds. The van der Waals surface area contributed by atoms with Crippen molar-refractivity contribution in [3.05, 3.63) is 48.0 Å². The quantitative estimate of drug-likeness (QED) is 0.776. The highest BCUT2D eigenvalue weighted by Gasteiger charge is 2.39. The van der Waals surface area contributed by atoms with E-state index in [0.29, 0.717) is 10.8 Å². The van der Waals surface area contributed by atoms with Crippen LogP contribution in [-0.2, 0) is 15.4 Å². The van der Waals surface area contributed by atoms with E-state index < -0.39 is 20.9 Å². The summed E-state index contributed by atoms with van der Waals surface area (Å²) in [6.45, 7) is 0. The molecule has 0 radical (unpaired) electrons. The van der Waals surface area contributed by atoms with E-state index in [1.807, 2.05) is 0 Å². The lowest BCUT2D eigenvalue weighted by molar-refractivity contribution is 0.0778. The summed E-state index contributed by atoms with van der Waals surface area (Å²) < 4.78 is 58.0. The van der Waals surface area contributed by atoms with Crippen LogP contribution in [0.5, 0.6) is 0 Å². The van der Waals surface area contributed by atoms with Gasteiger partial charge in [0.25, 0.3) is 0 Å². The molecule has 0 aromatic heterocycles. The van der Waals surface area contributed by atoms with Gasteiger partial charge in [-0.2, -0.15) is 8.78 Å². The van der Waals surface area contributed by atoms with Crippen molar-refractivity contribution in [3.63, 3.8) is 0 Å². The van der Waals surface area contributed by atoms with Gasteiger partial charge in [-0.1, -0.05) is 36.4 Å². The number of rotatable bonds is 2. The lowest BCUT2D eigenvalue weighted by atomic mass is 10.1. The summed E-state index contributed by atoms with van der Waals surface area (Å²) in [4.78, 5) is 0. The molecule has 17 heavy (non-hydrogen) atoms. The Hall–Kier alpha value is -1.53. The van der Waals surface area contributed by atoms with Crippen LogP contribution < -0.4 is 0 Å². The fourth-order valence-electron chi connectivity index (χ4n) is 1.51. The number of fused-ring (bicyclic) bond motifs is 1. The third kappa shape index (κ3) is 2.01. The maximum Gasteiger partial charge on any atom is 0.359 e. The molecule has 0 heterocycles. The van der Waals surface area contributed by atoms with Crippen LogP contribution in [0.1, 0.15) is 5.56 Å². The Morgan fingerprint density at radius 2 is 1.59 bits per heavy atom. The van der Waals surface area contributed by atoms with E-state index in [1.165, 1.54) is 6.07 Å². The molecule has 0 unspecified atom stereocenters. The summed E-state index contributed by atoms with van der Waals surface area (Å²) in [6, 6.07) is 9.92. The number of alkyl halides is 2. The van der Waals surface area contributed by atoms with Crippen LogP contribution >= 0.6 is 0 Å². The van der Waals surface area contributed by atoms with E-state index in [0.717, 1.165) is 12.1 Å². The van der Waals surface area contributed by atoms with Gasteiger partial charge in [0.15, 0.2) is 10.1 Å². The zero-order chi connectivity index (χ0) is 12.7. The number of benzene rings is 2. The van der Waals surface area contributed by atoms with E-state index >= 15 is 0 Å². The van der Waals surface area contributed by atoms with Crippen LogP contribution in [-0.4, -0.2) is 13.0 Å². The molecule has 0 aliphatic heterocycles. The molecular formula is C11H7F2O3S-. The molecule has 0 aliphatic rings. The first-order valence-electron chi connectivity index (χ1n) is 4.65. The third-order valence-corrected chi connectivity index (χ3v) is 3.26. The first kappa shape index (κ1) is 11.9. The van der Waals surface area contributed by atoms with Crippen LogP contribution in [0.25, 0.3) is 10.8 Å². The highest BCUT2D eigenvalue weighted by Crippen LogP contribution is 2.34. The van der Waals surface area contributed by atoms with Crippen molar-refractivity contribution in [2.24, 2.45) is 0 Å². The van der Waals surface area contributed by atoms with Crippen molar-refractivity contribution in [2.45, 2.75) is 5.25 Å². The minimum atomic E-state index is -5.71. The predicted molar refractivity (Wildman–Crippen MR) is 57.5 cm³/mol. The van der Waals surface area contributed by atoms with Crippen molar-refractivity contribution in [1.82, 2.24) is 0 Å². The highest BCUT2D eigenvalue weighted by atomic mass is 32.2. The molecule has 2 aromatic rings. The maximum absolute atomic E-state index is 13.3. The van der Waals surface area contributed by atoms with Crippen LogP contribution in [0.3, 0.4) is 0 Å². The van der Waals surface area contributed by atoms with Crippen molar-refractivity contribution < 1.29 is 21.8 Å². The van der Waals surface area contributed by atoms with Gasteiger partial charge in [-0.3, -0.25) is 0 Å². The van der Waals surface area contributed by atoms with E-state index in [-0.39, 0.29) is 0 Å². The van der Waals surface area contributed by atoms with E-state index in [1.54, 1.807) is 24.3 Å². The van der Waals surface area contributed by atoms with E-state index in [4.69, 9.17) is 0 Å². The highest BCUT2D eigenvalue weighted by molar-refractivity contribution is 7.86. The summed E-state index contributed by atoms with van der Waals surface area (Å²) in [6.07, 6.45) is 0. The average Bonchev–Trinajstić information content (AvgIpc) is 2.27. The van der Waals surface area contributed by atoms with Gasteiger partial charge in [-0.15, -0.1) is 0 Å². The summed E-state index contributed by atoms with van der Waals surface area (Å²) in [5, 5.41) is -3.26. The van der Waals surface area contributed by atoms with Crippen LogP contribution in [0, 0.1) is 0 Å². The van der Waals surface area contributed by atoms with Gasteiger partial charge in [-0.05, 0) is 16.8 Å². The Labute approximate surface area is 96.4 Å². The molecule has 3 nitrogen and oxygen atoms in total. The summed E-state index contributed by atoms with van der Waals surface area (Å²) >= 11 is 0. The van der Waals surface area contributed by atoms with Gasteiger partial charge in [0.05, 0.1) is 0 Å². The Morgan fingerprint density at radius 1 is 1.00 bits per heavy atom. The van der Waals surface area contributed by atoms with Crippen LogP contribution in [0.2, 0.25) is 0 Å². The van der Waals surface area contributed by atoms with Crippen molar-refractivity contribution in [3.8, 4) is 0 Å². The number of halogens is 2. The van der Waals surface area contributed by atoms with E-state index in [9.17, 15) is 21.8 Å². The van der Waals surface area contributed by atoms with Gasteiger partial charge in [0.1, 0.15) is 0 Å². The average molecular weight is 257 g/mol. The Balaban J connectivity index is 2.65. The van der Waals surface area contributed by atoms with Gasteiger partial charge in [0, 0.05) is 5.56 Å². The molecule has 2 aromatic carbocycles. The molecular weight excluding hydrogens is 250 g/mol. The van der Waals surface area contributed by atoms with Crippen molar-refractivity contribution >= 4 is 20.9 Å². The first-order chi connectivity index (χ1) is 7.82. The normalized spacial score (nSPS) is 12.9. The van der Waals surface area contributed by atoms with Gasteiger partial charge in [-0.25, -0.2) is 8.42 Å². The Kier molecular flexibility index (Phi) is 2.63. The third-order valence-electron chi connectivity index (χ3n) is 2.40. The zero-order valence-corrected chi connectivity index (χ0v) is 9.25. The standard InChI is InChI=1S/C11H8F2O3S/c12-11(13,17(14,15)16)10-6-5-8-3-1-2-4-9(8)7-10/h1-7H,(H,14,15,16)/p-1. The van der Waals surface area contributed by atoms with Gasteiger partial charge >= 0.3 is 5.25 Å². The topological polar surface area (TPSA) is 57.2 Å². The lowest BCUT2D eigenvalue weighted by Gasteiger charge is -2.20. The fraction of sp³-hybridized carbons (Fsp3) is 0.0909.